The summed E-state index contributed by atoms with van der Waals surface area (Å²) < 4.78 is 0. The average molecular weight is 187 g/mol. The standard InChI is InChI=1S/C11H13N3/c1-7(2)8-4-3-5-9-11(8)13-6-10(12)14-9/h3-7H,1-2H3,(H2,12,14). The third kappa shape index (κ3) is 1.41. The maximum absolute atomic E-state index is 5.58. The van der Waals surface area contributed by atoms with Crippen molar-refractivity contribution >= 4 is 16.9 Å². The molecule has 0 spiro atoms. The van der Waals surface area contributed by atoms with Crippen molar-refractivity contribution in [3.05, 3.63) is 30.0 Å². The fourth-order valence-electron chi connectivity index (χ4n) is 1.54. The largest absolute Gasteiger partial charge is 0.382 e. The molecule has 0 aliphatic rings. The first-order valence-corrected chi connectivity index (χ1v) is 4.69. The number of nitrogens with two attached hydrogens (primary N) is 1. The Morgan fingerprint density at radius 1 is 1.29 bits per heavy atom. The number of anilines is 1. The first kappa shape index (κ1) is 8.94. The van der Waals surface area contributed by atoms with Gasteiger partial charge in [0.05, 0.1) is 17.2 Å². The van der Waals surface area contributed by atoms with Crippen molar-refractivity contribution in [2.24, 2.45) is 0 Å². The van der Waals surface area contributed by atoms with Crippen LogP contribution in [0.5, 0.6) is 0 Å². The molecule has 0 bridgehead atoms. The number of nitrogens with zero attached hydrogens (tertiary/aromatic N) is 2. The van der Waals surface area contributed by atoms with Crippen molar-refractivity contribution in [2.45, 2.75) is 19.8 Å². The van der Waals surface area contributed by atoms with Crippen LogP contribution in [0, 0.1) is 0 Å². The lowest BCUT2D eigenvalue weighted by atomic mass is 10.0. The van der Waals surface area contributed by atoms with Gasteiger partial charge in [-0.05, 0) is 17.5 Å². The number of nitrogen functional groups attached to an aromatic ring is 1. The van der Waals surface area contributed by atoms with Gasteiger partial charge < -0.3 is 5.73 Å². The summed E-state index contributed by atoms with van der Waals surface area (Å²) in [6, 6.07) is 6.01. The molecule has 0 aliphatic carbocycles. The Balaban J connectivity index is 2.75. The van der Waals surface area contributed by atoms with E-state index in [1.54, 1.807) is 6.20 Å². The number of rotatable bonds is 1. The minimum Gasteiger partial charge on any atom is -0.382 e. The fraction of sp³-hybridized carbons (Fsp3) is 0.273. The second-order valence-electron chi connectivity index (χ2n) is 3.66. The molecular formula is C11H13N3. The molecule has 72 valence electrons. The number of hydrogen-bond donors (Lipinski definition) is 1. The Kier molecular flexibility index (Phi) is 2.08. The van der Waals surface area contributed by atoms with Crippen LogP contribution in [-0.4, -0.2) is 9.97 Å². The number of para-hydroxylation sites is 1. The summed E-state index contributed by atoms with van der Waals surface area (Å²) in [5.74, 6) is 0.926. The topological polar surface area (TPSA) is 51.8 Å². The van der Waals surface area contributed by atoms with Gasteiger partial charge in [-0.3, -0.25) is 4.98 Å². The van der Waals surface area contributed by atoms with Gasteiger partial charge in [0.2, 0.25) is 0 Å². The second-order valence-corrected chi connectivity index (χ2v) is 3.66. The van der Waals surface area contributed by atoms with E-state index in [4.69, 9.17) is 5.73 Å². The van der Waals surface area contributed by atoms with Gasteiger partial charge in [0.15, 0.2) is 0 Å². The molecule has 0 saturated heterocycles. The highest BCUT2D eigenvalue weighted by molar-refractivity contribution is 5.79. The third-order valence-corrected chi connectivity index (χ3v) is 2.24. The van der Waals surface area contributed by atoms with Gasteiger partial charge in [0.25, 0.3) is 0 Å². The molecule has 1 heterocycles. The molecule has 0 radical (unpaired) electrons. The zero-order chi connectivity index (χ0) is 10.1. The van der Waals surface area contributed by atoms with Gasteiger partial charge in [-0.15, -0.1) is 0 Å². The molecule has 2 aromatic rings. The molecule has 0 atom stereocenters. The Labute approximate surface area is 83.0 Å². The van der Waals surface area contributed by atoms with Crippen molar-refractivity contribution in [3.63, 3.8) is 0 Å². The van der Waals surface area contributed by atoms with E-state index in [1.165, 1.54) is 5.56 Å². The predicted molar refractivity (Wildman–Crippen MR) is 58.0 cm³/mol. The molecule has 3 heteroatoms. The van der Waals surface area contributed by atoms with Gasteiger partial charge in [-0.2, -0.15) is 0 Å². The zero-order valence-electron chi connectivity index (χ0n) is 8.36. The van der Waals surface area contributed by atoms with E-state index in [-0.39, 0.29) is 0 Å². The van der Waals surface area contributed by atoms with E-state index in [0.29, 0.717) is 11.7 Å². The van der Waals surface area contributed by atoms with Crippen LogP contribution in [-0.2, 0) is 0 Å². The van der Waals surface area contributed by atoms with Crippen LogP contribution < -0.4 is 5.73 Å². The molecular weight excluding hydrogens is 174 g/mol. The lowest BCUT2D eigenvalue weighted by Crippen LogP contribution is -1.96. The van der Waals surface area contributed by atoms with Crippen molar-refractivity contribution in [1.29, 1.82) is 0 Å². The minimum absolute atomic E-state index is 0.455. The lowest BCUT2D eigenvalue weighted by Gasteiger charge is -2.08. The van der Waals surface area contributed by atoms with Crippen molar-refractivity contribution in [3.8, 4) is 0 Å². The van der Waals surface area contributed by atoms with Crippen molar-refractivity contribution < 1.29 is 0 Å². The quantitative estimate of drug-likeness (QED) is 0.745. The molecule has 2 rings (SSSR count). The summed E-state index contributed by atoms with van der Waals surface area (Å²) in [7, 11) is 0. The SMILES string of the molecule is CC(C)c1cccc2nc(N)cnc12. The van der Waals surface area contributed by atoms with Crippen LogP contribution in [0.4, 0.5) is 5.82 Å². The summed E-state index contributed by atoms with van der Waals surface area (Å²) in [6.45, 7) is 4.29. The summed E-state index contributed by atoms with van der Waals surface area (Å²) in [5.41, 5.74) is 8.62. The van der Waals surface area contributed by atoms with Crippen LogP contribution in [0.3, 0.4) is 0 Å². The van der Waals surface area contributed by atoms with E-state index >= 15 is 0 Å². The van der Waals surface area contributed by atoms with Gasteiger partial charge in [-0.1, -0.05) is 26.0 Å². The summed E-state index contributed by atoms with van der Waals surface area (Å²) in [5, 5.41) is 0. The molecule has 3 nitrogen and oxygen atoms in total. The molecule has 0 saturated carbocycles. The van der Waals surface area contributed by atoms with E-state index in [9.17, 15) is 0 Å². The first-order chi connectivity index (χ1) is 6.68. The van der Waals surface area contributed by atoms with E-state index < -0.39 is 0 Å². The van der Waals surface area contributed by atoms with Crippen molar-refractivity contribution in [2.75, 3.05) is 5.73 Å². The molecule has 1 aromatic heterocycles. The number of hydrogen-bond acceptors (Lipinski definition) is 3. The highest BCUT2D eigenvalue weighted by Gasteiger charge is 2.06. The smallest absolute Gasteiger partial charge is 0.142 e. The van der Waals surface area contributed by atoms with Gasteiger partial charge in [0.1, 0.15) is 5.82 Å². The Hall–Kier alpha value is -1.64. The van der Waals surface area contributed by atoms with Crippen molar-refractivity contribution in [1.82, 2.24) is 9.97 Å². The van der Waals surface area contributed by atoms with Crippen LogP contribution in [0.1, 0.15) is 25.3 Å². The first-order valence-electron chi connectivity index (χ1n) is 4.69. The average Bonchev–Trinajstić information content (AvgIpc) is 2.16. The van der Waals surface area contributed by atoms with Gasteiger partial charge >= 0.3 is 0 Å². The van der Waals surface area contributed by atoms with E-state index in [0.717, 1.165) is 11.0 Å². The molecule has 0 aliphatic heterocycles. The normalized spacial score (nSPS) is 11.1. The lowest BCUT2D eigenvalue weighted by molar-refractivity contribution is 0.872. The summed E-state index contributed by atoms with van der Waals surface area (Å²) >= 11 is 0. The summed E-state index contributed by atoms with van der Waals surface area (Å²) in [6.07, 6.45) is 1.61. The highest BCUT2D eigenvalue weighted by atomic mass is 14.9. The molecule has 2 N–H and O–H groups in total. The summed E-state index contributed by atoms with van der Waals surface area (Å²) in [4.78, 5) is 8.55. The zero-order valence-corrected chi connectivity index (χ0v) is 8.36. The fourth-order valence-corrected chi connectivity index (χ4v) is 1.54. The Morgan fingerprint density at radius 2 is 2.07 bits per heavy atom. The van der Waals surface area contributed by atoms with Gasteiger partial charge in [-0.25, -0.2) is 4.98 Å². The maximum Gasteiger partial charge on any atom is 0.142 e. The monoisotopic (exact) mass is 187 g/mol. The van der Waals surface area contributed by atoms with Crippen LogP contribution in [0.2, 0.25) is 0 Å². The Bertz CT molecular complexity index is 463. The van der Waals surface area contributed by atoms with E-state index in [1.807, 2.05) is 12.1 Å². The molecule has 0 amide bonds. The van der Waals surface area contributed by atoms with Crippen LogP contribution in [0.25, 0.3) is 11.0 Å². The van der Waals surface area contributed by atoms with E-state index in [2.05, 4.69) is 29.9 Å². The maximum atomic E-state index is 5.58. The van der Waals surface area contributed by atoms with Crippen LogP contribution >= 0.6 is 0 Å². The molecule has 0 unspecified atom stereocenters. The minimum atomic E-state index is 0.455. The van der Waals surface area contributed by atoms with Gasteiger partial charge in [0, 0.05) is 0 Å². The number of fused-ring (bicyclic) bond motifs is 1. The molecule has 1 aromatic carbocycles. The number of benzene rings is 1. The Morgan fingerprint density at radius 3 is 2.79 bits per heavy atom. The predicted octanol–water partition coefficient (Wildman–Crippen LogP) is 2.34. The number of aromatic nitrogens is 2. The molecule has 0 fully saturated rings. The second kappa shape index (κ2) is 3.25. The molecule has 14 heavy (non-hydrogen) atoms. The highest BCUT2D eigenvalue weighted by Crippen LogP contribution is 2.22. The third-order valence-electron chi connectivity index (χ3n) is 2.24. The van der Waals surface area contributed by atoms with Crippen LogP contribution in [0.15, 0.2) is 24.4 Å².